The molecule has 0 aromatic heterocycles. The smallest absolute Gasteiger partial charge is 0.325 e. The van der Waals surface area contributed by atoms with Gasteiger partial charge >= 0.3 is 5.97 Å². The molecule has 1 unspecified atom stereocenters. The van der Waals surface area contributed by atoms with E-state index in [2.05, 4.69) is 10.2 Å². The van der Waals surface area contributed by atoms with Crippen molar-refractivity contribution in [2.45, 2.75) is 24.8 Å². The molecule has 0 aliphatic heterocycles. The number of carboxylic acids is 1. The maximum absolute atomic E-state index is 11.5. The maximum atomic E-state index is 11.5. The van der Waals surface area contributed by atoms with E-state index in [9.17, 15) is 9.90 Å². The number of rotatable bonds is 9. The third-order valence-corrected chi connectivity index (χ3v) is 3.51. The number of carboxylic acid groups (broad SMARTS) is 1. The molecule has 0 saturated heterocycles. The SMILES string of the molecule is CNC(CN(C)CCCOC)(C(=O)O)C1CC1. The number of methoxy groups -OCH3 is 1. The Labute approximate surface area is 103 Å². The van der Waals surface area contributed by atoms with Crippen LogP contribution in [0.5, 0.6) is 0 Å². The number of likely N-dealkylation sites (N-methyl/N-ethyl adjacent to an activating group) is 2. The Morgan fingerprint density at radius 1 is 1.59 bits per heavy atom. The van der Waals surface area contributed by atoms with Crippen LogP contribution in [-0.4, -0.2) is 62.4 Å². The summed E-state index contributed by atoms with van der Waals surface area (Å²) in [6.45, 7) is 2.12. The van der Waals surface area contributed by atoms with E-state index in [1.165, 1.54) is 0 Å². The molecule has 0 heterocycles. The Hall–Kier alpha value is -0.650. The number of ether oxygens (including phenoxy) is 1. The minimum Gasteiger partial charge on any atom is -0.480 e. The van der Waals surface area contributed by atoms with E-state index < -0.39 is 11.5 Å². The van der Waals surface area contributed by atoms with Gasteiger partial charge in [0, 0.05) is 26.8 Å². The van der Waals surface area contributed by atoms with E-state index in [0.29, 0.717) is 13.2 Å². The minimum absolute atomic E-state index is 0.273. The Morgan fingerprint density at radius 3 is 2.65 bits per heavy atom. The van der Waals surface area contributed by atoms with Gasteiger partial charge in [-0.05, 0) is 39.3 Å². The molecule has 1 rings (SSSR count). The van der Waals surface area contributed by atoms with Crippen molar-refractivity contribution in [3.63, 3.8) is 0 Å². The lowest BCUT2D eigenvalue weighted by molar-refractivity contribution is -0.146. The number of carbonyl (C=O) groups is 1. The van der Waals surface area contributed by atoms with Gasteiger partial charge in [0.25, 0.3) is 0 Å². The van der Waals surface area contributed by atoms with Gasteiger partial charge in [-0.1, -0.05) is 0 Å². The highest BCUT2D eigenvalue weighted by Gasteiger charge is 2.50. The predicted molar refractivity (Wildman–Crippen MR) is 66.1 cm³/mol. The zero-order chi connectivity index (χ0) is 12.9. The summed E-state index contributed by atoms with van der Waals surface area (Å²) >= 11 is 0. The second-order valence-corrected chi connectivity index (χ2v) is 4.88. The van der Waals surface area contributed by atoms with Crippen LogP contribution in [0.15, 0.2) is 0 Å². The summed E-state index contributed by atoms with van der Waals surface area (Å²) in [5.74, 6) is -0.462. The van der Waals surface area contributed by atoms with E-state index in [-0.39, 0.29) is 5.92 Å². The fourth-order valence-electron chi connectivity index (χ4n) is 2.32. The average molecular weight is 244 g/mol. The summed E-state index contributed by atoms with van der Waals surface area (Å²) in [5, 5.41) is 12.5. The van der Waals surface area contributed by atoms with Crippen molar-refractivity contribution < 1.29 is 14.6 Å². The van der Waals surface area contributed by atoms with E-state index in [1.54, 1.807) is 14.2 Å². The average Bonchev–Trinajstić information content (AvgIpc) is 3.10. The van der Waals surface area contributed by atoms with Gasteiger partial charge in [0.2, 0.25) is 0 Å². The van der Waals surface area contributed by atoms with Crippen molar-refractivity contribution in [2.75, 3.05) is 40.9 Å². The molecule has 17 heavy (non-hydrogen) atoms. The van der Waals surface area contributed by atoms with Crippen molar-refractivity contribution in [1.82, 2.24) is 10.2 Å². The second-order valence-electron chi connectivity index (χ2n) is 4.88. The zero-order valence-electron chi connectivity index (χ0n) is 11.0. The van der Waals surface area contributed by atoms with Crippen LogP contribution in [-0.2, 0) is 9.53 Å². The van der Waals surface area contributed by atoms with Crippen LogP contribution in [0.25, 0.3) is 0 Å². The molecular formula is C12H24N2O3. The van der Waals surface area contributed by atoms with Crippen LogP contribution in [0.4, 0.5) is 0 Å². The molecule has 5 heteroatoms. The van der Waals surface area contributed by atoms with Gasteiger partial charge < -0.3 is 20.1 Å². The molecule has 0 bridgehead atoms. The third-order valence-electron chi connectivity index (χ3n) is 3.51. The molecule has 100 valence electrons. The van der Waals surface area contributed by atoms with Crippen LogP contribution in [0.2, 0.25) is 0 Å². The molecule has 5 nitrogen and oxygen atoms in total. The van der Waals surface area contributed by atoms with Crippen molar-refractivity contribution in [1.29, 1.82) is 0 Å². The van der Waals surface area contributed by atoms with E-state index in [0.717, 1.165) is 25.8 Å². The molecule has 1 saturated carbocycles. The van der Waals surface area contributed by atoms with Crippen molar-refractivity contribution >= 4 is 5.97 Å². The second kappa shape index (κ2) is 6.33. The van der Waals surface area contributed by atoms with Crippen molar-refractivity contribution in [3.8, 4) is 0 Å². The molecule has 1 fully saturated rings. The van der Waals surface area contributed by atoms with Gasteiger partial charge in [-0.3, -0.25) is 4.79 Å². The molecule has 0 aromatic carbocycles. The van der Waals surface area contributed by atoms with Crippen LogP contribution >= 0.6 is 0 Å². The zero-order valence-corrected chi connectivity index (χ0v) is 11.0. The molecule has 0 spiro atoms. The topological polar surface area (TPSA) is 61.8 Å². The Morgan fingerprint density at radius 2 is 2.24 bits per heavy atom. The van der Waals surface area contributed by atoms with Gasteiger partial charge in [0.05, 0.1) is 0 Å². The number of nitrogens with zero attached hydrogens (tertiary/aromatic N) is 1. The summed E-state index contributed by atoms with van der Waals surface area (Å²) in [5.41, 5.74) is -0.776. The lowest BCUT2D eigenvalue weighted by Crippen LogP contribution is -2.59. The van der Waals surface area contributed by atoms with Crippen molar-refractivity contribution in [2.24, 2.45) is 5.92 Å². The minimum atomic E-state index is -0.776. The van der Waals surface area contributed by atoms with E-state index in [1.807, 2.05) is 7.05 Å². The number of hydrogen-bond donors (Lipinski definition) is 2. The summed E-state index contributed by atoms with van der Waals surface area (Å²) in [6, 6.07) is 0. The fourth-order valence-corrected chi connectivity index (χ4v) is 2.32. The summed E-state index contributed by atoms with van der Waals surface area (Å²) in [6.07, 6.45) is 2.95. The fraction of sp³-hybridized carbons (Fsp3) is 0.917. The normalized spacial score (nSPS) is 19.3. The van der Waals surface area contributed by atoms with Crippen LogP contribution in [0, 0.1) is 5.92 Å². The van der Waals surface area contributed by atoms with Gasteiger partial charge in [-0.15, -0.1) is 0 Å². The molecule has 1 atom stereocenters. The molecular weight excluding hydrogens is 220 g/mol. The Bertz CT molecular complexity index is 256. The summed E-state index contributed by atoms with van der Waals surface area (Å²) < 4.78 is 5.00. The molecule has 2 N–H and O–H groups in total. The first-order chi connectivity index (χ1) is 8.06. The monoisotopic (exact) mass is 244 g/mol. The first-order valence-corrected chi connectivity index (χ1v) is 6.16. The molecule has 0 aromatic rings. The van der Waals surface area contributed by atoms with Gasteiger partial charge in [0.15, 0.2) is 0 Å². The lowest BCUT2D eigenvalue weighted by atomic mass is 9.92. The molecule has 0 amide bonds. The molecule has 1 aliphatic carbocycles. The number of aliphatic carboxylic acids is 1. The van der Waals surface area contributed by atoms with Crippen molar-refractivity contribution in [3.05, 3.63) is 0 Å². The Kier molecular flexibility index (Phi) is 5.36. The van der Waals surface area contributed by atoms with Gasteiger partial charge in [-0.25, -0.2) is 0 Å². The van der Waals surface area contributed by atoms with Crippen LogP contribution in [0.1, 0.15) is 19.3 Å². The first-order valence-electron chi connectivity index (χ1n) is 6.16. The van der Waals surface area contributed by atoms with Gasteiger partial charge in [-0.2, -0.15) is 0 Å². The summed E-state index contributed by atoms with van der Waals surface area (Å²) in [4.78, 5) is 13.6. The first kappa shape index (κ1) is 14.4. The highest BCUT2D eigenvalue weighted by molar-refractivity contribution is 5.80. The molecule has 1 aliphatic rings. The van der Waals surface area contributed by atoms with Crippen LogP contribution < -0.4 is 5.32 Å². The quantitative estimate of drug-likeness (QED) is 0.575. The maximum Gasteiger partial charge on any atom is 0.325 e. The predicted octanol–water partition coefficient (Wildman–Crippen LogP) is 0.408. The third kappa shape index (κ3) is 3.66. The number of hydrogen-bond acceptors (Lipinski definition) is 4. The van der Waals surface area contributed by atoms with Gasteiger partial charge in [0.1, 0.15) is 5.54 Å². The summed E-state index contributed by atoms with van der Waals surface area (Å²) in [7, 11) is 5.39. The standard InChI is InChI=1S/C12H24N2O3/c1-13-12(11(15)16,10-5-6-10)9-14(2)7-4-8-17-3/h10,13H,4-9H2,1-3H3,(H,15,16). The molecule has 0 radical (unpaired) electrons. The highest BCUT2D eigenvalue weighted by atomic mass is 16.5. The van der Waals surface area contributed by atoms with Crippen LogP contribution in [0.3, 0.4) is 0 Å². The number of nitrogens with one attached hydrogen (secondary N) is 1. The highest BCUT2D eigenvalue weighted by Crippen LogP contribution is 2.40. The largest absolute Gasteiger partial charge is 0.480 e. The van der Waals surface area contributed by atoms with E-state index >= 15 is 0 Å². The van der Waals surface area contributed by atoms with E-state index in [4.69, 9.17) is 4.74 Å². The lowest BCUT2D eigenvalue weighted by Gasteiger charge is -2.33. The Balaban J connectivity index is 2.51.